The summed E-state index contributed by atoms with van der Waals surface area (Å²) in [7, 11) is 0. The first-order valence-electron chi connectivity index (χ1n) is 8.19. The largest absolute Gasteiger partial charge is 0.456 e. The Balaban J connectivity index is 2.10. The first kappa shape index (κ1) is 17.9. The van der Waals surface area contributed by atoms with E-state index in [2.05, 4.69) is 6.58 Å². The van der Waals surface area contributed by atoms with E-state index in [1.165, 1.54) is 0 Å². The first-order chi connectivity index (χ1) is 10.8. The predicted molar refractivity (Wildman–Crippen MR) is 82.4 cm³/mol. The van der Waals surface area contributed by atoms with Crippen molar-refractivity contribution in [2.75, 3.05) is 13.2 Å². The molecule has 6 heteroatoms. The van der Waals surface area contributed by atoms with E-state index in [0.29, 0.717) is 32.1 Å². The van der Waals surface area contributed by atoms with Crippen LogP contribution in [0.1, 0.15) is 45.4 Å². The van der Waals surface area contributed by atoms with Crippen LogP contribution in [0.4, 0.5) is 0 Å². The summed E-state index contributed by atoms with van der Waals surface area (Å²) >= 11 is 0. The molecule has 2 bridgehead atoms. The van der Waals surface area contributed by atoms with Gasteiger partial charge in [0.15, 0.2) is 6.61 Å². The third-order valence-electron chi connectivity index (χ3n) is 5.43. The van der Waals surface area contributed by atoms with Crippen molar-refractivity contribution in [2.24, 2.45) is 11.8 Å². The molecule has 0 amide bonds. The van der Waals surface area contributed by atoms with Crippen molar-refractivity contribution in [3.63, 3.8) is 0 Å². The van der Waals surface area contributed by atoms with E-state index < -0.39 is 29.7 Å². The Hall–Kier alpha value is -1.40. The van der Waals surface area contributed by atoms with Crippen molar-refractivity contribution < 1.29 is 29.3 Å². The smallest absolute Gasteiger partial charge is 0.344 e. The van der Waals surface area contributed by atoms with Gasteiger partial charge in [0, 0.05) is 18.6 Å². The summed E-state index contributed by atoms with van der Waals surface area (Å²) in [4.78, 5) is 23.1. The van der Waals surface area contributed by atoms with Crippen LogP contribution in [-0.2, 0) is 19.1 Å². The fourth-order valence-electron chi connectivity index (χ4n) is 4.25. The summed E-state index contributed by atoms with van der Waals surface area (Å²) in [6.07, 6.45) is 4.97. The van der Waals surface area contributed by atoms with E-state index in [-0.39, 0.29) is 18.4 Å². The summed E-state index contributed by atoms with van der Waals surface area (Å²) in [6.45, 7) is 4.78. The highest BCUT2D eigenvalue weighted by molar-refractivity contribution is 5.83. The topological polar surface area (TPSA) is 93.1 Å². The number of rotatable bonds is 6. The average molecular weight is 326 g/mol. The normalized spacial score (nSPS) is 36.1. The number of hydrogen-bond donors (Lipinski definition) is 2. The zero-order chi connectivity index (χ0) is 17.1. The molecule has 2 aliphatic carbocycles. The lowest BCUT2D eigenvalue weighted by molar-refractivity contribution is -0.223. The number of esters is 2. The second-order valence-electron chi connectivity index (χ2n) is 6.82. The molecule has 0 aromatic carbocycles. The van der Waals surface area contributed by atoms with Crippen LogP contribution in [0.25, 0.3) is 0 Å². The molecule has 0 radical (unpaired) electrons. The van der Waals surface area contributed by atoms with E-state index in [9.17, 15) is 19.8 Å². The number of aliphatic hydroxyl groups excluding tert-OH is 1. The molecule has 0 aromatic heterocycles. The number of fused-ring (bicyclic) bond motifs is 2. The average Bonchev–Trinajstić information content (AvgIpc) is 2.48. The molecule has 2 rings (SSSR count). The highest BCUT2D eigenvalue weighted by atomic mass is 16.6. The van der Waals surface area contributed by atoms with Crippen LogP contribution in [0.2, 0.25) is 0 Å². The molecule has 0 saturated heterocycles. The minimum Gasteiger partial charge on any atom is -0.456 e. The second-order valence-corrected chi connectivity index (χ2v) is 6.82. The third kappa shape index (κ3) is 3.75. The van der Waals surface area contributed by atoms with Gasteiger partial charge in [-0.1, -0.05) is 13.5 Å². The highest BCUT2D eigenvalue weighted by Gasteiger charge is 2.57. The molecule has 2 saturated carbocycles. The Morgan fingerprint density at radius 2 is 2.09 bits per heavy atom. The van der Waals surface area contributed by atoms with Gasteiger partial charge in [-0.15, -0.1) is 0 Å². The fraction of sp³-hybridized carbons (Fsp3) is 0.765. The van der Waals surface area contributed by atoms with Crippen molar-refractivity contribution in [2.45, 2.75) is 56.7 Å². The Morgan fingerprint density at radius 1 is 1.35 bits per heavy atom. The number of hydrogen-bond acceptors (Lipinski definition) is 6. The summed E-state index contributed by atoms with van der Waals surface area (Å²) in [5.74, 6) is -1.35. The van der Waals surface area contributed by atoms with Crippen LogP contribution >= 0.6 is 0 Å². The molecule has 0 heterocycles. The van der Waals surface area contributed by atoms with Gasteiger partial charge in [0.05, 0.1) is 5.60 Å². The van der Waals surface area contributed by atoms with E-state index in [4.69, 9.17) is 9.47 Å². The van der Waals surface area contributed by atoms with Gasteiger partial charge in [0.2, 0.25) is 0 Å². The molecule has 0 aliphatic heterocycles. The molecule has 2 fully saturated rings. The molecule has 6 nitrogen and oxygen atoms in total. The van der Waals surface area contributed by atoms with Crippen molar-refractivity contribution >= 4 is 11.9 Å². The molecule has 23 heavy (non-hydrogen) atoms. The maximum atomic E-state index is 12.1. The van der Waals surface area contributed by atoms with Crippen LogP contribution < -0.4 is 0 Å². The van der Waals surface area contributed by atoms with Gasteiger partial charge in [-0.2, -0.15) is 0 Å². The Bertz CT molecular complexity index is 476. The molecule has 0 aromatic rings. The van der Waals surface area contributed by atoms with E-state index >= 15 is 0 Å². The van der Waals surface area contributed by atoms with E-state index in [0.717, 1.165) is 12.5 Å². The molecule has 0 spiro atoms. The Kier molecular flexibility index (Phi) is 5.47. The van der Waals surface area contributed by atoms with Crippen LogP contribution in [0.15, 0.2) is 12.7 Å². The van der Waals surface area contributed by atoms with Gasteiger partial charge in [-0.25, -0.2) is 9.59 Å². The van der Waals surface area contributed by atoms with E-state index in [1.807, 2.05) is 6.92 Å². The lowest BCUT2D eigenvalue weighted by atomic mass is 9.56. The number of ether oxygens (including phenoxy) is 2. The minimum atomic E-state index is -0.867. The zero-order valence-electron chi connectivity index (χ0n) is 13.6. The molecule has 2 aliphatic rings. The van der Waals surface area contributed by atoms with Gasteiger partial charge in [0.1, 0.15) is 5.60 Å². The van der Waals surface area contributed by atoms with Crippen molar-refractivity contribution in [3.05, 3.63) is 12.7 Å². The third-order valence-corrected chi connectivity index (χ3v) is 5.43. The minimum absolute atomic E-state index is 0.0517. The quantitative estimate of drug-likeness (QED) is 0.565. The molecule has 4 unspecified atom stereocenters. The summed E-state index contributed by atoms with van der Waals surface area (Å²) in [5, 5.41) is 20.1. The summed E-state index contributed by atoms with van der Waals surface area (Å²) in [6, 6.07) is 0. The van der Waals surface area contributed by atoms with Crippen LogP contribution in [0.3, 0.4) is 0 Å². The van der Waals surface area contributed by atoms with Gasteiger partial charge in [0.25, 0.3) is 0 Å². The molecular formula is C17H26O6. The first-order valence-corrected chi connectivity index (χ1v) is 8.19. The maximum Gasteiger partial charge on any atom is 0.344 e. The van der Waals surface area contributed by atoms with Gasteiger partial charge < -0.3 is 19.7 Å². The second kappa shape index (κ2) is 7.01. The molecule has 130 valence electrons. The molecular weight excluding hydrogens is 300 g/mol. The lowest BCUT2D eigenvalue weighted by Gasteiger charge is -2.56. The Labute approximate surface area is 136 Å². The Morgan fingerprint density at radius 3 is 2.74 bits per heavy atom. The number of aliphatic hydroxyl groups is 2. The van der Waals surface area contributed by atoms with Crippen molar-refractivity contribution in [1.29, 1.82) is 0 Å². The highest BCUT2D eigenvalue weighted by Crippen LogP contribution is 2.54. The maximum absolute atomic E-state index is 12.1. The number of carbonyl (C=O) groups excluding carboxylic acids is 2. The standard InChI is InChI=1S/C17H26O6/c1-3-14(19)22-11-15(20)23-17-7-4-6-16(21,12(17)2)9-13(10-17)5-8-18/h3,12-13,18,21H,1,4-11H2,2H3. The van der Waals surface area contributed by atoms with Crippen LogP contribution in [0, 0.1) is 11.8 Å². The van der Waals surface area contributed by atoms with Crippen molar-refractivity contribution in [1.82, 2.24) is 0 Å². The monoisotopic (exact) mass is 326 g/mol. The van der Waals surface area contributed by atoms with Crippen LogP contribution in [0.5, 0.6) is 0 Å². The predicted octanol–water partition coefficient (Wildman–Crippen LogP) is 1.34. The van der Waals surface area contributed by atoms with Gasteiger partial charge >= 0.3 is 11.9 Å². The van der Waals surface area contributed by atoms with E-state index in [1.54, 1.807) is 0 Å². The van der Waals surface area contributed by atoms with Gasteiger partial charge in [-0.05, 0) is 44.4 Å². The fourth-order valence-corrected chi connectivity index (χ4v) is 4.25. The molecule has 2 N–H and O–H groups in total. The SMILES string of the molecule is C=CC(=O)OCC(=O)OC12CCCC(O)(CC(CCO)C1)C2C. The zero-order valence-corrected chi connectivity index (χ0v) is 13.6. The summed E-state index contributed by atoms with van der Waals surface area (Å²) in [5.41, 5.74) is -1.61. The number of carbonyl (C=O) groups is 2. The van der Waals surface area contributed by atoms with Crippen molar-refractivity contribution in [3.8, 4) is 0 Å². The summed E-state index contributed by atoms with van der Waals surface area (Å²) < 4.78 is 10.4. The van der Waals surface area contributed by atoms with Crippen LogP contribution in [-0.4, -0.2) is 46.6 Å². The lowest BCUT2D eigenvalue weighted by Crippen LogP contribution is -2.61. The molecule has 4 atom stereocenters. The van der Waals surface area contributed by atoms with Gasteiger partial charge in [-0.3, -0.25) is 0 Å².